The molecule has 1 aliphatic rings. The van der Waals surface area contributed by atoms with E-state index in [9.17, 15) is 13.2 Å². The third-order valence-electron chi connectivity index (χ3n) is 3.91. The van der Waals surface area contributed by atoms with Gasteiger partial charge in [-0.3, -0.25) is 9.52 Å². The summed E-state index contributed by atoms with van der Waals surface area (Å²) in [7, 11) is -3.72. The minimum atomic E-state index is -3.72. The number of hydrogen-bond acceptors (Lipinski definition) is 7. The standard InChI is InChI=1S/C17H19NO6S2/c1-3-22-14(19)7-6-12-9-13(17-16(11(12)2)23-10-24-17)18-26(20,21)15-5-4-8-25-15/h4-5,8-9,18H,3,6-7,10H2,1-2H3. The average Bonchev–Trinajstić information content (AvgIpc) is 3.28. The van der Waals surface area contributed by atoms with Crippen LogP contribution >= 0.6 is 11.3 Å². The highest BCUT2D eigenvalue weighted by Crippen LogP contribution is 2.44. The van der Waals surface area contributed by atoms with E-state index in [4.69, 9.17) is 14.2 Å². The summed E-state index contributed by atoms with van der Waals surface area (Å²) in [5, 5.41) is 1.69. The maximum atomic E-state index is 12.5. The molecule has 26 heavy (non-hydrogen) atoms. The average molecular weight is 397 g/mol. The van der Waals surface area contributed by atoms with Crippen LogP contribution in [-0.4, -0.2) is 27.8 Å². The third kappa shape index (κ3) is 3.78. The number of rotatable bonds is 7. The molecule has 1 aromatic heterocycles. The van der Waals surface area contributed by atoms with E-state index in [1.807, 2.05) is 6.92 Å². The Bertz CT molecular complexity index is 906. The van der Waals surface area contributed by atoms with Crippen LogP contribution in [0.25, 0.3) is 0 Å². The van der Waals surface area contributed by atoms with Gasteiger partial charge in [-0.05, 0) is 48.9 Å². The fourth-order valence-corrected chi connectivity index (χ4v) is 4.71. The molecule has 0 fully saturated rings. The van der Waals surface area contributed by atoms with Gasteiger partial charge >= 0.3 is 5.97 Å². The van der Waals surface area contributed by atoms with Gasteiger partial charge in [0.1, 0.15) is 4.21 Å². The number of nitrogens with one attached hydrogen (secondary N) is 1. The summed E-state index contributed by atoms with van der Waals surface area (Å²) in [6.07, 6.45) is 0.612. The maximum absolute atomic E-state index is 12.5. The molecule has 0 spiro atoms. The topological polar surface area (TPSA) is 90.9 Å². The zero-order valence-electron chi connectivity index (χ0n) is 14.4. The second-order valence-electron chi connectivity index (χ2n) is 5.62. The minimum absolute atomic E-state index is 0.0191. The summed E-state index contributed by atoms with van der Waals surface area (Å²) in [5.74, 6) is 0.558. The summed E-state index contributed by atoms with van der Waals surface area (Å²) < 4.78 is 43.8. The van der Waals surface area contributed by atoms with Crippen LogP contribution in [0.15, 0.2) is 27.8 Å². The number of carbonyl (C=O) groups excluding carboxylic acids is 1. The molecule has 2 aromatic rings. The number of thiophene rings is 1. The predicted octanol–water partition coefficient (Wildman–Crippen LogP) is 3.08. The zero-order chi connectivity index (χ0) is 18.7. The highest BCUT2D eigenvalue weighted by molar-refractivity contribution is 7.94. The number of esters is 1. The molecule has 1 N–H and O–H groups in total. The van der Waals surface area contributed by atoms with Crippen molar-refractivity contribution in [2.75, 3.05) is 18.1 Å². The fraction of sp³-hybridized carbons (Fsp3) is 0.353. The van der Waals surface area contributed by atoms with Crippen molar-refractivity contribution < 1.29 is 27.4 Å². The van der Waals surface area contributed by atoms with E-state index < -0.39 is 10.0 Å². The molecular formula is C17H19NO6S2. The Morgan fingerprint density at radius 1 is 1.35 bits per heavy atom. The maximum Gasteiger partial charge on any atom is 0.306 e. The highest BCUT2D eigenvalue weighted by Gasteiger charge is 2.26. The van der Waals surface area contributed by atoms with E-state index in [1.165, 1.54) is 6.07 Å². The Hall–Kier alpha value is -2.26. The van der Waals surface area contributed by atoms with Gasteiger partial charge < -0.3 is 14.2 Å². The first-order valence-electron chi connectivity index (χ1n) is 8.06. The van der Waals surface area contributed by atoms with Gasteiger partial charge in [-0.15, -0.1) is 11.3 Å². The normalized spacial score (nSPS) is 12.8. The lowest BCUT2D eigenvalue weighted by atomic mass is 10.0. The largest absolute Gasteiger partial charge is 0.466 e. The van der Waals surface area contributed by atoms with Crippen molar-refractivity contribution in [1.82, 2.24) is 0 Å². The number of fused-ring (bicyclic) bond motifs is 1. The lowest BCUT2D eigenvalue weighted by Crippen LogP contribution is -2.13. The smallest absolute Gasteiger partial charge is 0.306 e. The van der Waals surface area contributed by atoms with Gasteiger partial charge in [0.2, 0.25) is 6.79 Å². The predicted molar refractivity (Wildman–Crippen MR) is 97.4 cm³/mol. The summed E-state index contributed by atoms with van der Waals surface area (Å²) in [6.45, 7) is 3.95. The summed E-state index contributed by atoms with van der Waals surface area (Å²) in [5.41, 5.74) is 1.92. The van der Waals surface area contributed by atoms with E-state index in [2.05, 4.69) is 4.72 Å². The van der Waals surface area contributed by atoms with E-state index in [-0.39, 0.29) is 23.4 Å². The molecule has 0 radical (unpaired) electrons. The van der Waals surface area contributed by atoms with Gasteiger partial charge in [0.15, 0.2) is 11.5 Å². The molecule has 0 atom stereocenters. The van der Waals surface area contributed by atoms with Crippen LogP contribution in [0.3, 0.4) is 0 Å². The Morgan fingerprint density at radius 2 is 2.12 bits per heavy atom. The van der Waals surface area contributed by atoms with Crippen molar-refractivity contribution in [3.63, 3.8) is 0 Å². The molecule has 0 amide bonds. The molecule has 0 aliphatic carbocycles. The van der Waals surface area contributed by atoms with Gasteiger partial charge in [0, 0.05) is 6.42 Å². The molecule has 140 valence electrons. The Balaban J connectivity index is 1.91. The number of sulfonamides is 1. The van der Waals surface area contributed by atoms with Gasteiger partial charge in [0.25, 0.3) is 10.0 Å². The summed E-state index contributed by atoms with van der Waals surface area (Å²) in [4.78, 5) is 11.6. The van der Waals surface area contributed by atoms with Crippen molar-refractivity contribution in [3.8, 4) is 11.5 Å². The van der Waals surface area contributed by atoms with Crippen molar-refractivity contribution in [2.24, 2.45) is 0 Å². The number of aryl methyl sites for hydroxylation is 1. The van der Waals surface area contributed by atoms with Crippen LogP contribution in [0.2, 0.25) is 0 Å². The molecule has 0 bridgehead atoms. The molecule has 2 heterocycles. The van der Waals surface area contributed by atoms with Crippen molar-refractivity contribution >= 4 is 33.0 Å². The first-order chi connectivity index (χ1) is 12.4. The Morgan fingerprint density at radius 3 is 2.81 bits per heavy atom. The second-order valence-corrected chi connectivity index (χ2v) is 8.47. The van der Waals surface area contributed by atoms with Crippen molar-refractivity contribution in [1.29, 1.82) is 0 Å². The van der Waals surface area contributed by atoms with Crippen LogP contribution in [0.5, 0.6) is 11.5 Å². The van der Waals surface area contributed by atoms with Gasteiger partial charge in [-0.1, -0.05) is 6.07 Å². The van der Waals surface area contributed by atoms with Gasteiger partial charge in [0.05, 0.1) is 12.3 Å². The molecular weight excluding hydrogens is 378 g/mol. The van der Waals surface area contributed by atoms with E-state index in [0.29, 0.717) is 30.2 Å². The SMILES string of the molecule is CCOC(=O)CCc1cc(NS(=O)(=O)c2cccs2)c2c(c1C)OCO2. The van der Waals surface area contributed by atoms with E-state index >= 15 is 0 Å². The molecule has 9 heteroatoms. The first-order valence-corrected chi connectivity index (χ1v) is 10.4. The molecule has 3 rings (SSSR count). The Kier molecular flexibility index (Phi) is 5.38. The highest BCUT2D eigenvalue weighted by atomic mass is 32.2. The molecule has 0 unspecified atom stereocenters. The summed E-state index contributed by atoms with van der Waals surface area (Å²) >= 11 is 1.13. The molecule has 1 aromatic carbocycles. The molecule has 0 saturated carbocycles. The van der Waals surface area contributed by atoms with Gasteiger partial charge in [-0.25, -0.2) is 8.42 Å². The Labute approximate surface area is 155 Å². The van der Waals surface area contributed by atoms with Gasteiger partial charge in [-0.2, -0.15) is 0 Å². The van der Waals surface area contributed by atoms with E-state index in [0.717, 1.165) is 22.5 Å². The van der Waals surface area contributed by atoms with E-state index in [1.54, 1.807) is 24.4 Å². The quantitative estimate of drug-likeness (QED) is 0.722. The fourth-order valence-electron chi connectivity index (χ4n) is 2.67. The van der Waals surface area contributed by atoms with Crippen LogP contribution < -0.4 is 14.2 Å². The summed E-state index contributed by atoms with van der Waals surface area (Å²) in [6, 6.07) is 4.89. The zero-order valence-corrected chi connectivity index (χ0v) is 16.0. The minimum Gasteiger partial charge on any atom is -0.466 e. The lowest BCUT2D eigenvalue weighted by molar-refractivity contribution is -0.143. The van der Waals surface area contributed by atoms with Crippen LogP contribution in [0, 0.1) is 6.92 Å². The van der Waals surface area contributed by atoms with Crippen molar-refractivity contribution in [2.45, 2.75) is 30.9 Å². The van der Waals surface area contributed by atoms with Crippen LogP contribution in [0.4, 0.5) is 5.69 Å². The number of benzene rings is 1. The number of hydrogen-bond donors (Lipinski definition) is 1. The number of ether oxygens (including phenoxy) is 3. The lowest BCUT2D eigenvalue weighted by Gasteiger charge is -2.14. The molecule has 1 aliphatic heterocycles. The third-order valence-corrected chi connectivity index (χ3v) is 6.67. The monoisotopic (exact) mass is 397 g/mol. The number of carbonyl (C=O) groups is 1. The van der Waals surface area contributed by atoms with Crippen molar-refractivity contribution in [3.05, 3.63) is 34.7 Å². The second kappa shape index (κ2) is 7.55. The van der Waals surface area contributed by atoms with Crippen LogP contribution in [0.1, 0.15) is 24.5 Å². The first kappa shape index (κ1) is 18.5. The van der Waals surface area contributed by atoms with Crippen LogP contribution in [-0.2, 0) is 26.0 Å². The molecule has 7 nitrogen and oxygen atoms in total. The molecule has 0 saturated heterocycles. The number of anilines is 1.